The Hall–Kier alpha value is -3.31. The zero-order valence-electron chi connectivity index (χ0n) is 19.2. The molecule has 0 radical (unpaired) electrons. The molecule has 33 heavy (non-hydrogen) atoms. The number of nitrogens with zero attached hydrogens (tertiary/aromatic N) is 6. The molecule has 0 aliphatic carbocycles. The minimum atomic E-state index is -3.29. The molecule has 1 amide bonds. The van der Waals surface area contributed by atoms with E-state index in [0.29, 0.717) is 18.0 Å². The van der Waals surface area contributed by atoms with E-state index in [-0.39, 0.29) is 24.1 Å². The van der Waals surface area contributed by atoms with Crippen LogP contribution < -0.4 is 10.1 Å². The van der Waals surface area contributed by atoms with Crippen LogP contribution in [0.5, 0.6) is 5.88 Å². The van der Waals surface area contributed by atoms with Gasteiger partial charge in [0.05, 0.1) is 18.7 Å². The van der Waals surface area contributed by atoms with Crippen molar-refractivity contribution in [2.45, 2.75) is 65.0 Å². The smallest absolute Gasteiger partial charge is 0.410 e. The molecule has 4 rings (SSSR count). The first kappa shape index (κ1) is 22.9. The summed E-state index contributed by atoms with van der Waals surface area (Å²) in [5, 5.41) is 3.11. The van der Waals surface area contributed by atoms with E-state index >= 15 is 0 Å². The van der Waals surface area contributed by atoms with Gasteiger partial charge in [-0.1, -0.05) is 0 Å². The van der Waals surface area contributed by atoms with Crippen molar-refractivity contribution < 1.29 is 23.0 Å². The van der Waals surface area contributed by atoms with Gasteiger partial charge in [0.2, 0.25) is 5.88 Å². The number of amides is 1. The van der Waals surface area contributed by atoms with E-state index in [1.54, 1.807) is 33.2 Å². The number of alkyl halides is 2. The molecule has 1 N–H and O–H groups in total. The van der Waals surface area contributed by atoms with Crippen LogP contribution in [0, 0.1) is 0 Å². The van der Waals surface area contributed by atoms with E-state index in [1.807, 2.05) is 18.4 Å². The molecular weight excluding hydrogens is 436 g/mol. The quantitative estimate of drug-likeness (QED) is 0.743. The maximum atomic E-state index is 14.7. The van der Waals surface area contributed by atoms with Crippen LogP contribution >= 0.6 is 0 Å². The van der Waals surface area contributed by atoms with Gasteiger partial charge in [-0.15, -0.1) is 0 Å². The van der Waals surface area contributed by atoms with E-state index in [1.165, 1.54) is 6.33 Å². The highest BCUT2D eigenvalue weighted by Crippen LogP contribution is 2.34. The van der Waals surface area contributed by atoms with Crippen LogP contribution in [0.2, 0.25) is 0 Å². The average molecular weight is 463 g/mol. The van der Waals surface area contributed by atoms with Gasteiger partial charge in [0.15, 0.2) is 17.3 Å². The summed E-state index contributed by atoms with van der Waals surface area (Å²) in [7, 11) is 0. The Morgan fingerprint density at radius 1 is 1.33 bits per heavy atom. The lowest BCUT2D eigenvalue weighted by atomic mass is 10.2. The lowest BCUT2D eigenvalue weighted by molar-refractivity contribution is -0.0632. The third-order valence-corrected chi connectivity index (χ3v) is 5.15. The summed E-state index contributed by atoms with van der Waals surface area (Å²) >= 11 is 0. The number of hydrogen-bond acceptors (Lipinski definition) is 8. The van der Waals surface area contributed by atoms with Crippen LogP contribution in [0.4, 0.5) is 13.6 Å². The van der Waals surface area contributed by atoms with Gasteiger partial charge in [-0.25, -0.2) is 23.5 Å². The number of aliphatic imine (C=N–C) groups is 1. The maximum Gasteiger partial charge on any atom is 0.410 e. The van der Waals surface area contributed by atoms with Crippen molar-refractivity contribution in [2.75, 3.05) is 13.1 Å². The number of rotatable bonds is 4. The van der Waals surface area contributed by atoms with E-state index in [0.717, 1.165) is 10.5 Å². The summed E-state index contributed by atoms with van der Waals surface area (Å²) in [6, 6.07) is 0. The lowest BCUT2D eigenvalue weighted by Gasteiger charge is -2.23. The molecule has 4 heterocycles. The molecule has 0 spiro atoms. The van der Waals surface area contributed by atoms with Gasteiger partial charge in [-0.3, -0.25) is 9.89 Å². The molecule has 2 aliphatic rings. The molecular formula is C21H27F2N7O3. The summed E-state index contributed by atoms with van der Waals surface area (Å²) in [6.45, 7) is 8.26. The minimum Gasteiger partial charge on any atom is -0.464 e. The first-order chi connectivity index (χ1) is 15.5. The zero-order chi connectivity index (χ0) is 24.0. The molecule has 0 aromatic carbocycles. The molecule has 1 fully saturated rings. The van der Waals surface area contributed by atoms with Crippen LogP contribution in [-0.4, -0.2) is 73.6 Å². The number of aryl methyl sites for hydroxylation is 1. The van der Waals surface area contributed by atoms with Gasteiger partial charge in [-0.2, -0.15) is 4.98 Å². The number of ether oxygens (including phenoxy) is 2. The second-order valence-corrected chi connectivity index (χ2v) is 8.98. The van der Waals surface area contributed by atoms with Crippen molar-refractivity contribution in [3.8, 4) is 5.88 Å². The molecule has 10 nitrogen and oxygen atoms in total. The largest absolute Gasteiger partial charge is 0.464 e. The van der Waals surface area contributed by atoms with Crippen molar-refractivity contribution in [1.82, 2.24) is 29.7 Å². The molecule has 12 heteroatoms. The van der Waals surface area contributed by atoms with Gasteiger partial charge >= 0.3 is 12.0 Å². The highest BCUT2D eigenvalue weighted by molar-refractivity contribution is 6.09. The average Bonchev–Trinajstić information content (AvgIpc) is 3.25. The normalized spacial score (nSPS) is 22.3. The highest BCUT2D eigenvalue weighted by Gasteiger charge is 2.52. The fraction of sp³-hybridized carbons (Fsp3) is 0.571. The monoisotopic (exact) mass is 463 g/mol. The Morgan fingerprint density at radius 2 is 2.09 bits per heavy atom. The second kappa shape index (κ2) is 8.23. The molecule has 2 aromatic rings. The fourth-order valence-electron chi connectivity index (χ4n) is 3.61. The first-order valence-corrected chi connectivity index (χ1v) is 10.7. The molecule has 0 saturated carbocycles. The lowest BCUT2D eigenvalue weighted by Crippen LogP contribution is -2.37. The fourth-order valence-corrected chi connectivity index (χ4v) is 3.61. The SMILES string of the molecule is CCn1c(C2=CNC(C)N=C2)nc2c(OC3CN(C(=O)OC(C)(C)C)CC3(F)F)ncnc21. The van der Waals surface area contributed by atoms with E-state index in [9.17, 15) is 13.6 Å². The van der Waals surface area contributed by atoms with Crippen molar-refractivity contribution in [3.63, 3.8) is 0 Å². The Balaban J connectivity index is 1.63. The van der Waals surface area contributed by atoms with E-state index in [2.05, 4.69) is 25.3 Å². The van der Waals surface area contributed by atoms with Crippen LogP contribution in [0.1, 0.15) is 40.4 Å². The van der Waals surface area contributed by atoms with Crippen LogP contribution in [0.25, 0.3) is 16.7 Å². The van der Waals surface area contributed by atoms with Crippen molar-refractivity contribution >= 4 is 29.0 Å². The van der Waals surface area contributed by atoms with Gasteiger partial charge in [0, 0.05) is 19.0 Å². The number of carbonyl (C=O) groups is 1. The maximum absolute atomic E-state index is 14.7. The molecule has 2 unspecified atom stereocenters. The summed E-state index contributed by atoms with van der Waals surface area (Å²) in [5.41, 5.74) is 0.641. The summed E-state index contributed by atoms with van der Waals surface area (Å²) in [4.78, 5) is 30.5. The zero-order valence-corrected chi connectivity index (χ0v) is 19.2. The van der Waals surface area contributed by atoms with Crippen LogP contribution in [-0.2, 0) is 11.3 Å². The third kappa shape index (κ3) is 4.60. The number of likely N-dealkylation sites (tertiary alicyclic amines) is 1. The number of hydrogen-bond donors (Lipinski definition) is 1. The summed E-state index contributed by atoms with van der Waals surface area (Å²) in [5.74, 6) is -2.79. The number of imidazole rings is 1. The van der Waals surface area contributed by atoms with Crippen molar-refractivity contribution in [3.05, 3.63) is 18.4 Å². The Morgan fingerprint density at radius 3 is 2.73 bits per heavy atom. The van der Waals surface area contributed by atoms with Crippen molar-refractivity contribution in [2.24, 2.45) is 4.99 Å². The van der Waals surface area contributed by atoms with Gasteiger partial charge in [0.1, 0.15) is 23.9 Å². The topological polar surface area (TPSA) is 107 Å². The predicted octanol–water partition coefficient (Wildman–Crippen LogP) is 2.84. The highest BCUT2D eigenvalue weighted by atomic mass is 19.3. The molecule has 2 aromatic heterocycles. The third-order valence-electron chi connectivity index (χ3n) is 5.15. The predicted molar refractivity (Wildman–Crippen MR) is 117 cm³/mol. The van der Waals surface area contributed by atoms with Gasteiger partial charge in [0.25, 0.3) is 0 Å². The van der Waals surface area contributed by atoms with Crippen molar-refractivity contribution in [1.29, 1.82) is 0 Å². The number of nitrogens with one attached hydrogen (secondary N) is 1. The summed E-state index contributed by atoms with van der Waals surface area (Å²) < 4.78 is 42.2. The molecule has 178 valence electrons. The number of carbonyl (C=O) groups excluding carboxylic acids is 1. The molecule has 2 aliphatic heterocycles. The minimum absolute atomic E-state index is 0.0515. The first-order valence-electron chi connectivity index (χ1n) is 10.7. The molecule has 1 saturated heterocycles. The number of aromatic nitrogens is 4. The molecule has 0 bridgehead atoms. The van der Waals surface area contributed by atoms with Crippen LogP contribution in [0.3, 0.4) is 0 Å². The second-order valence-electron chi connectivity index (χ2n) is 8.98. The van der Waals surface area contributed by atoms with Gasteiger partial charge < -0.3 is 19.4 Å². The molecule has 2 atom stereocenters. The standard InChI is InChI=1S/C21H27F2N7O3/c1-6-30-16(13-7-24-12(2)25-8-13)28-15-17(30)26-11-27-18(15)32-14-9-29(10-21(14,22)23)19(31)33-20(3,4)5/h7-8,11-12,14,24H,6,9-10H2,1-5H3. The van der Waals surface area contributed by atoms with Gasteiger partial charge in [-0.05, 0) is 34.6 Å². The number of halogens is 2. The number of allylic oxidation sites excluding steroid dienone is 1. The van der Waals surface area contributed by atoms with E-state index < -0.39 is 30.3 Å². The number of fused-ring (bicyclic) bond motifs is 1. The Bertz CT molecular complexity index is 1120. The van der Waals surface area contributed by atoms with E-state index in [4.69, 9.17) is 9.47 Å². The Kier molecular flexibility index (Phi) is 5.71. The van der Waals surface area contributed by atoms with Crippen LogP contribution in [0.15, 0.2) is 17.5 Å². The Labute approximate surface area is 189 Å². The summed E-state index contributed by atoms with van der Waals surface area (Å²) in [6.07, 6.45) is 2.27.